The highest BCUT2D eigenvalue weighted by Crippen LogP contribution is 2.39. The van der Waals surface area contributed by atoms with E-state index in [1.807, 2.05) is 19.2 Å². The lowest BCUT2D eigenvalue weighted by Crippen LogP contribution is -2.41. The molecule has 1 atom stereocenters. The van der Waals surface area contributed by atoms with Gasteiger partial charge in [0.1, 0.15) is 0 Å². The number of nitrogens with zero attached hydrogens (tertiary/aromatic N) is 2. The summed E-state index contributed by atoms with van der Waals surface area (Å²) in [4.78, 5) is 6.73. The molecule has 1 fully saturated rings. The number of halogens is 1. The summed E-state index contributed by atoms with van der Waals surface area (Å²) in [7, 11) is 8.39. The van der Waals surface area contributed by atoms with Crippen LogP contribution in [0.25, 0.3) is 0 Å². The van der Waals surface area contributed by atoms with Crippen molar-refractivity contribution in [2.75, 3.05) is 74.9 Å². The van der Waals surface area contributed by atoms with Gasteiger partial charge in [0.15, 0.2) is 17.5 Å². The molecule has 1 unspecified atom stereocenters. The number of hydrogen-bond acceptors (Lipinski definition) is 6. The molecule has 8 nitrogen and oxygen atoms in total. The number of likely N-dealkylation sites (tertiary alicyclic amines) is 1. The van der Waals surface area contributed by atoms with Gasteiger partial charge >= 0.3 is 0 Å². The highest BCUT2D eigenvalue weighted by Gasteiger charge is 2.25. The molecule has 1 saturated heterocycles. The van der Waals surface area contributed by atoms with Crippen molar-refractivity contribution in [3.63, 3.8) is 0 Å². The second-order valence-corrected chi connectivity index (χ2v) is 6.89. The third-order valence-electron chi connectivity index (χ3n) is 5.05. The van der Waals surface area contributed by atoms with Gasteiger partial charge in [-0.15, -0.1) is 24.0 Å². The first kappa shape index (κ1) is 26.6. The number of hydrogen-bond donors (Lipinski definition) is 1. The van der Waals surface area contributed by atoms with Gasteiger partial charge in [0, 0.05) is 45.3 Å². The fourth-order valence-electron chi connectivity index (χ4n) is 3.55. The van der Waals surface area contributed by atoms with Crippen molar-refractivity contribution in [1.29, 1.82) is 0 Å². The van der Waals surface area contributed by atoms with Crippen LogP contribution in [0.5, 0.6) is 17.2 Å². The average Bonchev–Trinajstić information content (AvgIpc) is 3.22. The van der Waals surface area contributed by atoms with Gasteiger partial charge in [0.05, 0.1) is 41.2 Å². The summed E-state index contributed by atoms with van der Waals surface area (Å²) in [5.41, 5.74) is 1.05. The molecule has 1 heterocycles. The third kappa shape index (κ3) is 7.35. The Kier molecular flexibility index (Phi) is 12.9. The molecule has 0 bridgehead atoms. The van der Waals surface area contributed by atoms with E-state index in [1.165, 1.54) is 0 Å². The zero-order valence-electron chi connectivity index (χ0n) is 18.7. The van der Waals surface area contributed by atoms with E-state index >= 15 is 0 Å². The van der Waals surface area contributed by atoms with Crippen LogP contribution in [-0.4, -0.2) is 85.8 Å². The molecule has 0 radical (unpaired) electrons. The van der Waals surface area contributed by atoms with Crippen molar-refractivity contribution in [3.8, 4) is 17.2 Å². The minimum absolute atomic E-state index is 0. The number of methoxy groups -OCH3 is 4. The minimum atomic E-state index is 0. The lowest BCUT2D eigenvalue weighted by molar-refractivity contribution is 0.0536. The molecular weight excluding hydrogens is 501 g/mol. The van der Waals surface area contributed by atoms with Gasteiger partial charge in [0.25, 0.3) is 0 Å². The van der Waals surface area contributed by atoms with Gasteiger partial charge in [-0.3, -0.25) is 4.99 Å². The zero-order valence-corrected chi connectivity index (χ0v) is 21.1. The second-order valence-electron chi connectivity index (χ2n) is 6.89. The summed E-state index contributed by atoms with van der Waals surface area (Å²) < 4.78 is 27.1. The monoisotopic (exact) mass is 537 g/mol. The highest BCUT2D eigenvalue weighted by molar-refractivity contribution is 14.0. The predicted molar refractivity (Wildman–Crippen MR) is 129 cm³/mol. The summed E-state index contributed by atoms with van der Waals surface area (Å²) in [5, 5.41) is 3.46. The third-order valence-corrected chi connectivity index (χ3v) is 5.05. The Labute approximate surface area is 197 Å². The van der Waals surface area contributed by atoms with Crippen LogP contribution in [0.15, 0.2) is 17.1 Å². The lowest BCUT2D eigenvalue weighted by Gasteiger charge is -2.22. The van der Waals surface area contributed by atoms with Gasteiger partial charge < -0.3 is 33.9 Å². The first-order valence-electron chi connectivity index (χ1n) is 9.98. The van der Waals surface area contributed by atoms with Crippen molar-refractivity contribution in [2.45, 2.75) is 12.8 Å². The SMILES string of the molecule is CN=C(NCCc1ccc(OC)c(OC)c1OC)N1CCC(COCCOC)C1.I. The fourth-order valence-corrected chi connectivity index (χ4v) is 3.55. The summed E-state index contributed by atoms with van der Waals surface area (Å²) in [6.45, 7) is 4.72. The van der Waals surface area contributed by atoms with E-state index in [-0.39, 0.29) is 24.0 Å². The van der Waals surface area contributed by atoms with Crippen LogP contribution in [0.1, 0.15) is 12.0 Å². The number of rotatable bonds is 11. The Morgan fingerprint density at radius 1 is 1.10 bits per heavy atom. The fraction of sp³-hybridized carbons (Fsp3) is 0.667. The Morgan fingerprint density at radius 2 is 1.87 bits per heavy atom. The molecule has 0 saturated carbocycles. The quantitative estimate of drug-likeness (QED) is 0.201. The van der Waals surface area contributed by atoms with E-state index in [2.05, 4.69) is 15.2 Å². The molecule has 0 aromatic heterocycles. The Hall–Kier alpha value is -1.46. The summed E-state index contributed by atoms with van der Waals surface area (Å²) in [6, 6.07) is 3.91. The summed E-state index contributed by atoms with van der Waals surface area (Å²) in [5.74, 6) is 3.43. The van der Waals surface area contributed by atoms with Crippen molar-refractivity contribution in [2.24, 2.45) is 10.9 Å². The maximum absolute atomic E-state index is 5.68. The van der Waals surface area contributed by atoms with Gasteiger partial charge in [-0.05, 0) is 18.9 Å². The normalized spacial score (nSPS) is 16.2. The minimum Gasteiger partial charge on any atom is -0.493 e. The molecule has 1 N–H and O–H groups in total. The first-order valence-corrected chi connectivity index (χ1v) is 9.98. The smallest absolute Gasteiger partial charge is 0.203 e. The summed E-state index contributed by atoms with van der Waals surface area (Å²) >= 11 is 0. The topological polar surface area (TPSA) is 73.8 Å². The van der Waals surface area contributed by atoms with E-state index < -0.39 is 0 Å². The first-order chi connectivity index (χ1) is 14.2. The highest BCUT2D eigenvalue weighted by atomic mass is 127. The van der Waals surface area contributed by atoms with Crippen LogP contribution in [0.3, 0.4) is 0 Å². The van der Waals surface area contributed by atoms with Crippen LogP contribution in [0, 0.1) is 5.92 Å². The second kappa shape index (κ2) is 14.5. The van der Waals surface area contributed by atoms with Crippen LogP contribution in [0.2, 0.25) is 0 Å². The van der Waals surface area contributed by atoms with Crippen LogP contribution >= 0.6 is 24.0 Å². The van der Waals surface area contributed by atoms with Gasteiger partial charge in [-0.2, -0.15) is 0 Å². The largest absolute Gasteiger partial charge is 0.493 e. The van der Waals surface area contributed by atoms with Crippen molar-refractivity contribution >= 4 is 29.9 Å². The van der Waals surface area contributed by atoms with E-state index in [1.54, 1.807) is 28.4 Å². The molecule has 0 spiro atoms. The molecule has 0 amide bonds. The molecule has 0 aliphatic carbocycles. The molecule has 30 heavy (non-hydrogen) atoms. The summed E-state index contributed by atoms with van der Waals surface area (Å²) in [6.07, 6.45) is 1.89. The Bertz CT molecular complexity index is 660. The lowest BCUT2D eigenvalue weighted by atomic mass is 10.1. The van der Waals surface area contributed by atoms with Crippen molar-refractivity contribution in [1.82, 2.24) is 10.2 Å². The van der Waals surface area contributed by atoms with Gasteiger partial charge in [-0.25, -0.2) is 0 Å². The standard InChI is InChI=1S/C21H35N3O5.HI/c1-22-21(24-11-9-16(14-24)15-29-13-12-25-2)23-10-8-17-6-7-18(26-3)20(28-5)19(17)27-4;/h6-7,16H,8-15H2,1-5H3,(H,22,23);1H. The number of ether oxygens (including phenoxy) is 5. The Balaban J connectivity index is 0.00000450. The molecule has 1 aromatic rings. The van der Waals surface area contributed by atoms with Crippen molar-refractivity contribution in [3.05, 3.63) is 17.7 Å². The van der Waals surface area contributed by atoms with Crippen LogP contribution in [0.4, 0.5) is 0 Å². The predicted octanol–water partition coefficient (Wildman–Crippen LogP) is 2.43. The average molecular weight is 537 g/mol. The van der Waals surface area contributed by atoms with Gasteiger partial charge in [-0.1, -0.05) is 6.07 Å². The Morgan fingerprint density at radius 3 is 2.50 bits per heavy atom. The van der Waals surface area contributed by atoms with Gasteiger partial charge in [0.2, 0.25) is 5.75 Å². The molecule has 1 aromatic carbocycles. The van der Waals surface area contributed by atoms with E-state index in [9.17, 15) is 0 Å². The molecule has 2 rings (SSSR count). The molecule has 9 heteroatoms. The number of aliphatic imine (C=N–C) groups is 1. The zero-order chi connectivity index (χ0) is 21.1. The molecule has 1 aliphatic rings. The number of nitrogens with one attached hydrogen (secondary N) is 1. The van der Waals surface area contributed by atoms with Crippen LogP contribution in [-0.2, 0) is 15.9 Å². The van der Waals surface area contributed by atoms with Crippen molar-refractivity contribution < 1.29 is 23.7 Å². The van der Waals surface area contributed by atoms with E-state index in [0.29, 0.717) is 36.4 Å². The number of benzene rings is 1. The van der Waals surface area contributed by atoms with Crippen LogP contribution < -0.4 is 19.5 Å². The maximum atomic E-state index is 5.68. The maximum Gasteiger partial charge on any atom is 0.203 e. The molecule has 172 valence electrons. The molecule has 1 aliphatic heterocycles. The number of guanidine groups is 1. The van der Waals surface area contributed by atoms with E-state index in [0.717, 1.165) is 50.6 Å². The molecular formula is C21H36IN3O5. The van der Waals surface area contributed by atoms with E-state index in [4.69, 9.17) is 23.7 Å².